The van der Waals surface area contributed by atoms with Crippen LogP contribution in [0.4, 0.5) is 0 Å². The first-order chi connectivity index (χ1) is 17.5. The summed E-state index contributed by atoms with van der Waals surface area (Å²) in [5.41, 5.74) is 2.20. The maximum atomic E-state index is 13.9. The Hall–Kier alpha value is -2.88. The number of carbonyl (C=O) groups is 1. The molecular weight excluding hydrogens is 494 g/mol. The molecule has 0 aliphatic carbocycles. The van der Waals surface area contributed by atoms with Crippen LogP contribution in [-0.4, -0.2) is 27.3 Å². The number of aryl methyl sites for hydroxylation is 1. The van der Waals surface area contributed by atoms with E-state index in [0.29, 0.717) is 48.3 Å². The normalized spacial score (nSPS) is 15.4. The largest absolute Gasteiger partial charge is 0.467 e. The first-order valence-corrected chi connectivity index (χ1v) is 13.9. The second kappa shape index (κ2) is 11.0. The highest BCUT2D eigenvalue weighted by Crippen LogP contribution is 2.36. The van der Waals surface area contributed by atoms with Gasteiger partial charge in [0.05, 0.1) is 36.7 Å². The van der Waals surface area contributed by atoms with Crippen LogP contribution < -0.4 is 10.9 Å². The number of aromatic nitrogens is 2. The molecule has 0 saturated heterocycles. The molecule has 4 aromatic rings. The maximum Gasteiger partial charge on any atom is 0.263 e. The molecule has 36 heavy (non-hydrogen) atoms. The number of ether oxygens (including phenoxy) is 1. The second-order valence-corrected chi connectivity index (χ2v) is 11.2. The first kappa shape index (κ1) is 24.8. The third kappa shape index (κ3) is 5.43. The molecule has 3 aromatic heterocycles. The molecule has 0 spiro atoms. The standard InChI is InChI=1S/C27H29N3O4S2/c1-17(2)21-13-20-22(15-34-21)36-25-24(20)26(32)30(11-10-18-7-4-3-5-8-18)27(29-25)35-16-23(31)28-14-19-9-6-12-33-19/h3-9,12,17,21H,10-11,13-16H2,1-2H3,(H,28,31). The van der Waals surface area contributed by atoms with E-state index >= 15 is 0 Å². The summed E-state index contributed by atoms with van der Waals surface area (Å²) in [5, 5.41) is 4.13. The van der Waals surface area contributed by atoms with E-state index in [9.17, 15) is 9.59 Å². The highest BCUT2D eigenvalue weighted by molar-refractivity contribution is 7.99. The molecule has 5 rings (SSSR count). The Labute approximate surface area is 217 Å². The average molecular weight is 524 g/mol. The number of thiophene rings is 1. The van der Waals surface area contributed by atoms with Gasteiger partial charge in [-0.3, -0.25) is 14.2 Å². The number of rotatable bonds is 9. The number of hydrogen-bond donors (Lipinski definition) is 1. The minimum absolute atomic E-state index is 0.0312. The van der Waals surface area contributed by atoms with Crippen LogP contribution in [0.1, 0.15) is 35.6 Å². The molecule has 1 aromatic carbocycles. The predicted molar refractivity (Wildman–Crippen MR) is 142 cm³/mol. The van der Waals surface area contributed by atoms with E-state index in [4.69, 9.17) is 14.1 Å². The molecule has 4 heterocycles. The zero-order valence-electron chi connectivity index (χ0n) is 20.4. The molecule has 1 aliphatic heterocycles. The fraction of sp³-hybridized carbons (Fsp3) is 0.370. The maximum absolute atomic E-state index is 13.9. The van der Waals surface area contributed by atoms with E-state index in [0.717, 1.165) is 27.3 Å². The molecule has 1 unspecified atom stereocenters. The van der Waals surface area contributed by atoms with Crippen LogP contribution in [0.25, 0.3) is 10.2 Å². The average Bonchev–Trinajstić information content (AvgIpc) is 3.53. The van der Waals surface area contributed by atoms with Crippen LogP contribution in [0.2, 0.25) is 0 Å². The van der Waals surface area contributed by atoms with Crippen molar-refractivity contribution >= 4 is 39.2 Å². The van der Waals surface area contributed by atoms with Crippen molar-refractivity contribution in [3.63, 3.8) is 0 Å². The molecule has 1 N–H and O–H groups in total. The summed E-state index contributed by atoms with van der Waals surface area (Å²) in [7, 11) is 0. The number of furan rings is 1. The molecule has 0 saturated carbocycles. The van der Waals surface area contributed by atoms with Crippen molar-refractivity contribution in [3.05, 3.63) is 80.8 Å². The van der Waals surface area contributed by atoms with E-state index in [-0.39, 0.29) is 23.3 Å². The minimum atomic E-state index is -0.140. The molecule has 1 amide bonds. The number of benzene rings is 1. The molecule has 7 nitrogen and oxygen atoms in total. The van der Waals surface area contributed by atoms with Crippen molar-refractivity contribution in [2.45, 2.75) is 57.6 Å². The van der Waals surface area contributed by atoms with Crippen LogP contribution in [-0.2, 0) is 42.1 Å². The third-order valence-electron chi connectivity index (χ3n) is 6.38. The fourth-order valence-corrected chi connectivity index (χ4v) is 6.36. The lowest BCUT2D eigenvalue weighted by Crippen LogP contribution is -2.29. The molecular formula is C27H29N3O4S2. The molecule has 0 bridgehead atoms. The Balaban J connectivity index is 1.43. The summed E-state index contributed by atoms with van der Waals surface area (Å²) in [6, 6.07) is 13.7. The highest BCUT2D eigenvalue weighted by Gasteiger charge is 2.28. The number of thioether (sulfide) groups is 1. The number of fused-ring (bicyclic) bond motifs is 3. The lowest BCUT2D eigenvalue weighted by atomic mass is 9.96. The van der Waals surface area contributed by atoms with Gasteiger partial charge in [0.15, 0.2) is 5.16 Å². The Morgan fingerprint density at radius 3 is 2.83 bits per heavy atom. The number of nitrogens with zero attached hydrogens (tertiary/aromatic N) is 2. The summed E-state index contributed by atoms with van der Waals surface area (Å²) >= 11 is 2.82. The lowest BCUT2D eigenvalue weighted by Gasteiger charge is -2.26. The van der Waals surface area contributed by atoms with Crippen LogP contribution in [0.15, 0.2) is 63.1 Å². The minimum Gasteiger partial charge on any atom is -0.467 e. The molecule has 0 fully saturated rings. The van der Waals surface area contributed by atoms with Crippen molar-refractivity contribution in [2.75, 3.05) is 5.75 Å². The van der Waals surface area contributed by atoms with E-state index in [1.165, 1.54) is 23.1 Å². The number of carbonyl (C=O) groups excluding carboxylic acids is 1. The zero-order chi connectivity index (χ0) is 25.1. The van der Waals surface area contributed by atoms with Gasteiger partial charge in [-0.25, -0.2) is 4.98 Å². The van der Waals surface area contributed by atoms with Crippen molar-refractivity contribution in [2.24, 2.45) is 5.92 Å². The Kier molecular flexibility index (Phi) is 7.59. The van der Waals surface area contributed by atoms with Gasteiger partial charge >= 0.3 is 0 Å². The van der Waals surface area contributed by atoms with Gasteiger partial charge in [0.25, 0.3) is 5.56 Å². The van der Waals surface area contributed by atoms with Crippen molar-refractivity contribution in [1.29, 1.82) is 0 Å². The van der Waals surface area contributed by atoms with Gasteiger partial charge in [-0.1, -0.05) is 55.9 Å². The van der Waals surface area contributed by atoms with Crippen LogP contribution >= 0.6 is 23.1 Å². The summed E-state index contributed by atoms with van der Waals surface area (Å²) in [6.45, 7) is 5.63. The predicted octanol–water partition coefficient (Wildman–Crippen LogP) is 4.80. The van der Waals surface area contributed by atoms with Gasteiger partial charge in [0, 0.05) is 17.8 Å². The Morgan fingerprint density at radius 1 is 1.25 bits per heavy atom. The topological polar surface area (TPSA) is 86.4 Å². The Morgan fingerprint density at radius 2 is 2.08 bits per heavy atom. The third-order valence-corrected chi connectivity index (χ3v) is 8.45. The quantitative estimate of drug-likeness (QED) is 0.251. The van der Waals surface area contributed by atoms with E-state index in [2.05, 4.69) is 31.3 Å². The number of nitrogens with one attached hydrogen (secondary N) is 1. The van der Waals surface area contributed by atoms with Gasteiger partial charge in [0.2, 0.25) is 5.91 Å². The highest BCUT2D eigenvalue weighted by atomic mass is 32.2. The SMILES string of the molecule is CC(C)C1Cc2c(sc3nc(SCC(=O)NCc4ccco4)n(CCc4ccccc4)c(=O)c23)CO1. The monoisotopic (exact) mass is 523 g/mol. The molecule has 9 heteroatoms. The number of amides is 1. The van der Waals surface area contributed by atoms with Crippen LogP contribution in [0.5, 0.6) is 0 Å². The summed E-state index contributed by atoms with van der Waals surface area (Å²) in [5.74, 6) is 1.08. The fourth-order valence-electron chi connectivity index (χ4n) is 4.34. The summed E-state index contributed by atoms with van der Waals surface area (Å²) < 4.78 is 13.1. The van der Waals surface area contributed by atoms with Crippen molar-refractivity contribution < 1.29 is 13.9 Å². The summed E-state index contributed by atoms with van der Waals surface area (Å²) in [6.07, 6.45) is 3.11. The molecule has 0 radical (unpaired) electrons. The smallest absolute Gasteiger partial charge is 0.263 e. The first-order valence-electron chi connectivity index (χ1n) is 12.1. The van der Waals surface area contributed by atoms with E-state index in [1.54, 1.807) is 16.9 Å². The molecule has 188 valence electrons. The van der Waals surface area contributed by atoms with E-state index in [1.807, 2.05) is 24.3 Å². The number of hydrogen-bond acceptors (Lipinski definition) is 7. The van der Waals surface area contributed by atoms with Gasteiger partial charge in [-0.15, -0.1) is 11.3 Å². The van der Waals surface area contributed by atoms with Gasteiger partial charge in [-0.2, -0.15) is 0 Å². The van der Waals surface area contributed by atoms with Crippen LogP contribution in [0.3, 0.4) is 0 Å². The van der Waals surface area contributed by atoms with Gasteiger partial charge in [0.1, 0.15) is 10.6 Å². The Bertz CT molecular complexity index is 1390. The van der Waals surface area contributed by atoms with Gasteiger partial charge < -0.3 is 14.5 Å². The zero-order valence-corrected chi connectivity index (χ0v) is 22.0. The van der Waals surface area contributed by atoms with E-state index < -0.39 is 0 Å². The molecule has 1 aliphatic rings. The lowest BCUT2D eigenvalue weighted by molar-refractivity contribution is -0.118. The van der Waals surface area contributed by atoms with Crippen molar-refractivity contribution in [1.82, 2.24) is 14.9 Å². The summed E-state index contributed by atoms with van der Waals surface area (Å²) in [4.78, 5) is 33.1. The van der Waals surface area contributed by atoms with Crippen LogP contribution in [0, 0.1) is 5.92 Å². The van der Waals surface area contributed by atoms with Gasteiger partial charge in [-0.05, 0) is 35.6 Å². The molecule has 1 atom stereocenters. The van der Waals surface area contributed by atoms with Crippen molar-refractivity contribution in [3.8, 4) is 0 Å². The second-order valence-electron chi connectivity index (χ2n) is 9.21.